The number of para-hydroxylation sites is 3. The van der Waals surface area contributed by atoms with Gasteiger partial charge < -0.3 is 20.5 Å². The lowest BCUT2D eigenvalue weighted by Crippen LogP contribution is -2.25. The average Bonchev–Trinajstić information content (AvgIpc) is 2.54. The van der Waals surface area contributed by atoms with Gasteiger partial charge in [0.1, 0.15) is 12.4 Å². The van der Waals surface area contributed by atoms with E-state index in [1.807, 2.05) is 31.2 Å². The van der Waals surface area contributed by atoms with Gasteiger partial charge in [-0.2, -0.15) is 0 Å². The van der Waals surface area contributed by atoms with E-state index in [0.29, 0.717) is 0 Å². The van der Waals surface area contributed by atoms with Gasteiger partial charge in [-0.05, 0) is 30.7 Å². The Morgan fingerprint density at radius 1 is 1.08 bits per heavy atom. The monoisotopic (exact) mass is 481 g/mol. The molecule has 0 fully saturated rings. The van der Waals surface area contributed by atoms with Crippen LogP contribution in [0.15, 0.2) is 53.5 Å². The first kappa shape index (κ1) is 21.9. The Balaban J connectivity index is 0.00000338. The van der Waals surface area contributed by atoms with E-state index < -0.39 is 6.36 Å². The summed E-state index contributed by atoms with van der Waals surface area (Å²) in [5, 5.41) is 2.59. The van der Waals surface area contributed by atoms with Crippen LogP contribution in [0.3, 0.4) is 0 Å². The SMILES string of the molecule is Cc1ccccc1OCCN=C(N)Nc1ccccc1OC(F)(F)F.I. The number of aryl methyl sites for hydroxylation is 1. The van der Waals surface area contributed by atoms with E-state index in [1.165, 1.54) is 18.2 Å². The van der Waals surface area contributed by atoms with E-state index >= 15 is 0 Å². The highest BCUT2D eigenvalue weighted by Gasteiger charge is 2.32. The summed E-state index contributed by atoms with van der Waals surface area (Å²) >= 11 is 0. The van der Waals surface area contributed by atoms with Crippen molar-refractivity contribution >= 4 is 35.6 Å². The minimum atomic E-state index is -4.79. The maximum Gasteiger partial charge on any atom is 0.573 e. The van der Waals surface area contributed by atoms with Gasteiger partial charge in [-0.1, -0.05) is 30.3 Å². The van der Waals surface area contributed by atoms with Crippen molar-refractivity contribution in [3.63, 3.8) is 0 Å². The first-order valence-electron chi connectivity index (χ1n) is 7.45. The van der Waals surface area contributed by atoms with Crippen molar-refractivity contribution in [2.75, 3.05) is 18.5 Å². The molecule has 0 amide bonds. The van der Waals surface area contributed by atoms with Crippen LogP contribution in [0.2, 0.25) is 0 Å². The molecule has 0 spiro atoms. The van der Waals surface area contributed by atoms with Crippen LogP contribution in [-0.4, -0.2) is 25.5 Å². The maximum atomic E-state index is 12.4. The topological polar surface area (TPSA) is 68.9 Å². The number of hydrogen-bond acceptors (Lipinski definition) is 3. The van der Waals surface area contributed by atoms with Crippen LogP contribution in [0.5, 0.6) is 11.5 Å². The molecule has 0 unspecified atom stereocenters. The van der Waals surface area contributed by atoms with Crippen molar-refractivity contribution in [2.24, 2.45) is 10.7 Å². The zero-order valence-electron chi connectivity index (χ0n) is 13.9. The molecular formula is C17H19F3IN3O2. The Bertz CT molecular complexity index is 739. The van der Waals surface area contributed by atoms with Crippen molar-refractivity contribution in [2.45, 2.75) is 13.3 Å². The second kappa shape index (κ2) is 10.1. The number of nitrogens with two attached hydrogens (primary N) is 1. The summed E-state index contributed by atoms with van der Waals surface area (Å²) in [5.41, 5.74) is 6.76. The van der Waals surface area contributed by atoms with E-state index in [4.69, 9.17) is 10.5 Å². The van der Waals surface area contributed by atoms with Crippen LogP contribution >= 0.6 is 24.0 Å². The van der Waals surface area contributed by atoms with Crippen LogP contribution in [0.25, 0.3) is 0 Å². The third-order valence-corrected chi connectivity index (χ3v) is 3.10. The van der Waals surface area contributed by atoms with E-state index in [9.17, 15) is 13.2 Å². The first-order chi connectivity index (χ1) is 11.8. The Morgan fingerprint density at radius 2 is 1.69 bits per heavy atom. The van der Waals surface area contributed by atoms with Crippen molar-refractivity contribution in [1.29, 1.82) is 0 Å². The van der Waals surface area contributed by atoms with Gasteiger partial charge in [0.05, 0.1) is 12.2 Å². The van der Waals surface area contributed by atoms with Gasteiger partial charge in [0.25, 0.3) is 0 Å². The number of rotatable bonds is 6. The summed E-state index contributed by atoms with van der Waals surface area (Å²) in [4.78, 5) is 4.02. The normalized spacial score (nSPS) is 11.5. The highest BCUT2D eigenvalue weighted by Crippen LogP contribution is 2.29. The average molecular weight is 481 g/mol. The van der Waals surface area contributed by atoms with Gasteiger partial charge in [-0.25, -0.2) is 4.99 Å². The summed E-state index contributed by atoms with van der Waals surface area (Å²) in [7, 11) is 0. The smallest absolute Gasteiger partial charge is 0.491 e. The Hall–Kier alpha value is -2.17. The zero-order chi connectivity index (χ0) is 18.3. The molecule has 2 aromatic carbocycles. The second-order valence-corrected chi connectivity index (χ2v) is 5.05. The number of hydrogen-bond donors (Lipinski definition) is 2. The second-order valence-electron chi connectivity index (χ2n) is 5.05. The van der Waals surface area contributed by atoms with E-state index in [1.54, 1.807) is 6.07 Å². The fourth-order valence-corrected chi connectivity index (χ4v) is 2.00. The standard InChI is InChI=1S/C17H18F3N3O2.HI/c1-12-6-2-4-8-14(12)24-11-10-22-16(21)23-13-7-3-5-9-15(13)25-17(18,19)20;/h2-9H,10-11H2,1H3,(H3,21,22,23);1H. The summed E-state index contributed by atoms with van der Waals surface area (Å²) in [6, 6.07) is 13.1. The zero-order valence-corrected chi connectivity index (χ0v) is 16.2. The van der Waals surface area contributed by atoms with Gasteiger partial charge in [0.15, 0.2) is 11.7 Å². The summed E-state index contributed by atoms with van der Waals surface area (Å²) < 4.78 is 46.6. The quantitative estimate of drug-likeness (QED) is 0.279. The number of nitrogens with zero attached hydrogens (tertiary/aromatic N) is 1. The minimum absolute atomic E-state index is 0. The lowest BCUT2D eigenvalue weighted by molar-refractivity contribution is -0.274. The van der Waals surface area contributed by atoms with Gasteiger partial charge in [0, 0.05) is 0 Å². The number of aliphatic imine (C=N–C) groups is 1. The predicted molar refractivity (Wildman–Crippen MR) is 105 cm³/mol. The third-order valence-electron chi connectivity index (χ3n) is 3.10. The van der Waals surface area contributed by atoms with Crippen molar-refractivity contribution in [3.8, 4) is 11.5 Å². The largest absolute Gasteiger partial charge is 0.573 e. The molecule has 9 heteroatoms. The van der Waals surface area contributed by atoms with Gasteiger partial charge >= 0.3 is 6.36 Å². The fourth-order valence-electron chi connectivity index (χ4n) is 2.00. The molecule has 5 nitrogen and oxygen atoms in total. The summed E-state index contributed by atoms with van der Waals surface area (Å²) in [6.07, 6.45) is -4.79. The van der Waals surface area contributed by atoms with Crippen LogP contribution in [0.1, 0.15) is 5.56 Å². The molecule has 2 aromatic rings. The van der Waals surface area contributed by atoms with E-state index in [2.05, 4.69) is 15.0 Å². The molecule has 26 heavy (non-hydrogen) atoms. The summed E-state index contributed by atoms with van der Waals surface area (Å²) in [6.45, 7) is 2.45. The highest BCUT2D eigenvalue weighted by molar-refractivity contribution is 14.0. The van der Waals surface area contributed by atoms with Gasteiger partial charge in [-0.15, -0.1) is 37.1 Å². The lowest BCUT2D eigenvalue weighted by Gasteiger charge is -2.14. The molecule has 0 atom stereocenters. The Morgan fingerprint density at radius 3 is 2.35 bits per heavy atom. The molecule has 0 radical (unpaired) electrons. The molecule has 0 heterocycles. The van der Waals surface area contributed by atoms with Crippen LogP contribution in [0, 0.1) is 6.92 Å². The number of anilines is 1. The van der Waals surface area contributed by atoms with Gasteiger partial charge in [0.2, 0.25) is 0 Å². The number of benzene rings is 2. The fraction of sp³-hybridized carbons (Fsp3) is 0.235. The van der Waals surface area contributed by atoms with E-state index in [-0.39, 0.29) is 54.5 Å². The Kier molecular flexibility index (Phi) is 8.49. The summed E-state index contributed by atoms with van der Waals surface area (Å²) in [5.74, 6) is 0.323. The molecule has 0 saturated carbocycles. The van der Waals surface area contributed by atoms with Crippen molar-refractivity contribution in [1.82, 2.24) is 0 Å². The lowest BCUT2D eigenvalue weighted by atomic mass is 10.2. The van der Waals surface area contributed by atoms with Crippen LogP contribution in [-0.2, 0) is 0 Å². The van der Waals surface area contributed by atoms with Crippen LogP contribution in [0.4, 0.5) is 18.9 Å². The molecule has 0 saturated heterocycles. The van der Waals surface area contributed by atoms with Crippen molar-refractivity contribution in [3.05, 3.63) is 54.1 Å². The van der Waals surface area contributed by atoms with Gasteiger partial charge in [-0.3, -0.25) is 0 Å². The first-order valence-corrected chi connectivity index (χ1v) is 7.45. The molecule has 142 valence electrons. The number of alkyl halides is 3. The number of halogens is 4. The molecule has 0 aliphatic rings. The molecule has 2 rings (SSSR count). The molecular weight excluding hydrogens is 462 g/mol. The predicted octanol–water partition coefficient (Wildman–Crippen LogP) is 4.32. The number of nitrogens with one attached hydrogen (secondary N) is 1. The number of ether oxygens (including phenoxy) is 2. The maximum absolute atomic E-state index is 12.4. The molecule has 0 aliphatic heterocycles. The highest BCUT2D eigenvalue weighted by atomic mass is 127. The molecule has 0 bridgehead atoms. The van der Waals surface area contributed by atoms with Crippen molar-refractivity contribution < 1.29 is 22.6 Å². The number of guanidine groups is 1. The minimum Gasteiger partial charge on any atom is -0.491 e. The van der Waals surface area contributed by atoms with E-state index in [0.717, 1.165) is 11.3 Å². The molecule has 0 aliphatic carbocycles. The van der Waals surface area contributed by atoms with Crippen LogP contribution < -0.4 is 20.5 Å². The Labute approximate surface area is 166 Å². The molecule has 0 aromatic heterocycles. The molecule has 3 N–H and O–H groups in total. The third kappa shape index (κ3) is 7.38.